The molecule has 8 nitrogen and oxygen atoms in total. The van der Waals surface area contributed by atoms with Crippen LogP contribution in [0.1, 0.15) is 21.9 Å². The molecule has 0 aliphatic carbocycles. The van der Waals surface area contributed by atoms with Crippen molar-refractivity contribution < 1.29 is 18.0 Å². The fraction of sp³-hybridized carbons (Fsp3) is 0.111. The minimum atomic E-state index is -4.75. The number of anilines is 3. The van der Waals surface area contributed by atoms with E-state index in [2.05, 4.69) is 25.6 Å². The largest absolute Gasteiger partial charge is 0.449 e. The zero-order valence-corrected chi connectivity index (χ0v) is 20.2. The second-order valence-electron chi connectivity index (χ2n) is 8.67. The first-order valence-electron chi connectivity index (χ1n) is 11.5. The highest BCUT2D eigenvalue weighted by Crippen LogP contribution is 2.32. The molecule has 5 rings (SSSR count). The van der Waals surface area contributed by atoms with Crippen LogP contribution in [0.2, 0.25) is 0 Å². The first kappa shape index (κ1) is 24.8. The van der Waals surface area contributed by atoms with Gasteiger partial charge in [0.2, 0.25) is 5.82 Å². The second kappa shape index (κ2) is 9.51. The lowest BCUT2D eigenvalue weighted by molar-refractivity contribution is -0.144. The molecule has 0 atom stereocenters. The molecular formula is C27H21F3N6O2. The van der Waals surface area contributed by atoms with Crippen molar-refractivity contribution in [2.24, 2.45) is 7.05 Å². The van der Waals surface area contributed by atoms with Crippen LogP contribution in [0.4, 0.5) is 30.2 Å². The van der Waals surface area contributed by atoms with Crippen molar-refractivity contribution in [1.82, 2.24) is 19.5 Å². The molecule has 0 spiro atoms. The Kier molecular flexibility index (Phi) is 6.19. The number of halogens is 3. The second-order valence-corrected chi connectivity index (χ2v) is 8.67. The van der Waals surface area contributed by atoms with E-state index < -0.39 is 17.9 Å². The standard InChI is InChI=1S/C27H21F3N6O2/c1-15-8-9-18(13-21(15)32-17-10-11-20-19(12-17)25(38)36(2)14-31-20)33-24(37)23-22(16-6-4-3-5-7-16)34-26(35-23)27(28,29)30/h3-14,32H,1-2H3,(H,33,37)(H,34,35). The van der Waals surface area contributed by atoms with Gasteiger partial charge in [0.25, 0.3) is 11.5 Å². The van der Waals surface area contributed by atoms with Gasteiger partial charge in [-0.15, -0.1) is 0 Å². The number of fused-ring (bicyclic) bond motifs is 1. The highest BCUT2D eigenvalue weighted by atomic mass is 19.4. The van der Waals surface area contributed by atoms with Crippen molar-refractivity contribution in [3.63, 3.8) is 0 Å². The first-order chi connectivity index (χ1) is 18.1. The summed E-state index contributed by atoms with van der Waals surface area (Å²) in [6.45, 7) is 1.85. The molecule has 3 N–H and O–H groups in total. The molecule has 0 saturated heterocycles. The Balaban J connectivity index is 1.45. The summed E-state index contributed by atoms with van der Waals surface area (Å²) in [4.78, 5) is 35.6. The van der Waals surface area contributed by atoms with E-state index in [1.807, 2.05) is 6.92 Å². The van der Waals surface area contributed by atoms with Gasteiger partial charge in [-0.1, -0.05) is 36.4 Å². The van der Waals surface area contributed by atoms with E-state index >= 15 is 0 Å². The normalized spacial score (nSPS) is 11.5. The van der Waals surface area contributed by atoms with Crippen LogP contribution in [0, 0.1) is 6.92 Å². The van der Waals surface area contributed by atoms with Gasteiger partial charge in [0, 0.05) is 29.7 Å². The summed E-state index contributed by atoms with van der Waals surface area (Å²) in [5.74, 6) is -2.04. The number of amides is 1. The van der Waals surface area contributed by atoms with Gasteiger partial charge >= 0.3 is 6.18 Å². The van der Waals surface area contributed by atoms with E-state index in [0.717, 1.165) is 5.56 Å². The number of aromatic nitrogens is 4. The summed E-state index contributed by atoms with van der Waals surface area (Å²) in [6, 6.07) is 18.4. The Bertz CT molecular complexity index is 1730. The fourth-order valence-electron chi connectivity index (χ4n) is 3.95. The predicted octanol–water partition coefficient (Wildman–Crippen LogP) is 5.65. The average molecular weight is 518 g/mol. The summed E-state index contributed by atoms with van der Waals surface area (Å²) in [5.41, 5.74) is 2.77. The molecule has 3 aromatic carbocycles. The molecule has 0 unspecified atom stereocenters. The molecule has 0 radical (unpaired) electrons. The number of carbonyl (C=O) groups is 1. The Morgan fingerprint density at radius 2 is 1.74 bits per heavy atom. The third-order valence-corrected chi connectivity index (χ3v) is 5.94. The fourth-order valence-corrected chi connectivity index (χ4v) is 3.95. The number of aromatic amines is 1. The van der Waals surface area contributed by atoms with E-state index in [0.29, 0.717) is 33.5 Å². The first-order valence-corrected chi connectivity index (χ1v) is 11.5. The molecule has 192 valence electrons. The minimum Gasteiger partial charge on any atom is -0.355 e. The molecule has 0 fully saturated rings. The van der Waals surface area contributed by atoms with Gasteiger partial charge in [0.05, 0.1) is 17.2 Å². The summed E-state index contributed by atoms with van der Waals surface area (Å²) in [7, 11) is 1.62. The van der Waals surface area contributed by atoms with Gasteiger partial charge in [-0.05, 0) is 42.8 Å². The van der Waals surface area contributed by atoms with Crippen LogP contribution < -0.4 is 16.2 Å². The van der Waals surface area contributed by atoms with Gasteiger partial charge in [-0.2, -0.15) is 13.2 Å². The van der Waals surface area contributed by atoms with Crippen molar-refractivity contribution in [2.45, 2.75) is 13.1 Å². The maximum absolute atomic E-state index is 13.4. The molecule has 5 aromatic rings. The van der Waals surface area contributed by atoms with E-state index in [4.69, 9.17) is 0 Å². The van der Waals surface area contributed by atoms with Crippen molar-refractivity contribution in [3.05, 3.63) is 100 Å². The van der Waals surface area contributed by atoms with Crippen LogP contribution in [0.3, 0.4) is 0 Å². The number of alkyl halides is 3. The number of aryl methyl sites for hydroxylation is 2. The molecule has 2 aromatic heterocycles. The Morgan fingerprint density at radius 3 is 2.47 bits per heavy atom. The maximum atomic E-state index is 13.4. The van der Waals surface area contributed by atoms with Crippen LogP contribution in [-0.2, 0) is 13.2 Å². The highest BCUT2D eigenvalue weighted by Gasteiger charge is 2.37. The van der Waals surface area contributed by atoms with Crippen LogP contribution in [0.25, 0.3) is 22.2 Å². The van der Waals surface area contributed by atoms with E-state index in [9.17, 15) is 22.8 Å². The SMILES string of the molecule is Cc1ccc(NC(=O)c2[nH]c(C(F)(F)F)nc2-c2ccccc2)cc1Nc1ccc2ncn(C)c(=O)c2c1. The molecule has 0 aliphatic rings. The number of rotatable bonds is 5. The number of carbonyl (C=O) groups excluding carboxylic acids is 1. The number of nitrogens with zero attached hydrogens (tertiary/aromatic N) is 3. The van der Waals surface area contributed by atoms with Crippen LogP contribution >= 0.6 is 0 Å². The summed E-state index contributed by atoms with van der Waals surface area (Å²) in [6.07, 6.45) is -3.30. The number of hydrogen-bond donors (Lipinski definition) is 3. The Labute approximate surface area is 214 Å². The topological polar surface area (TPSA) is 105 Å². The minimum absolute atomic E-state index is 0.104. The van der Waals surface area contributed by atoms with Crippen molar-refractivity contribution >= 4 is 33.9 Å². The quantitative estimate of drug-likeness (QED) is 0.279. The average Bonchev–Trinajstić information content (AvgIpc) is 3.36. The molecule has 11 heteroatoms. The lowest BCUT2D eigenvalue weighted by Gasteiger charge is -2.13. The summed E-state index contributed by atoms with van der Waals surface area (Å²) >= 11 is 0. The Morgan fingerprint density at radius 1 is 1.00 bits per heavy atom. The number of imidazole rings is 1. The number of H-pyrrole nitrogens is 1. The molecule has 1 amide bonds. The molecule has 0 bridgehead atoms. The molecule has 0 aliphatic heterocycles. The van der Waals surface area contributed by atoms with Gasteiger partial charge in [0.15, 0.2) is 0 Å². The highest BCUT2D eigenvalue weighted by molar-refractivity contribution is 6.07. The number of nitrogens with one attached hydrogen (secondary N) is 3. The van der Waals surface area contributed by atoms with Crippen LogP contribution in [0.15, 0.2) is 77.9 Å². The lowest BCUT2D eigenvalue weighted by Crippen LogP contribution is -2.16. The maximum Gasteiger partial charge on any atom is 0.449 e. The van der Waals surface area contributed by atoms with Crippen molar-refractivity contribution in [1.29, 1.82) is 0 Å². The molecular weight excluding hydrogens is 497 g/mol. The van der Waals surface area contributed by atoms with Gasteiger partial charge in [-0.3, -0.25) is 9.59 Å². The number of hydrogen-bond acceptors (Lipinski definition) is 5. The van der Waals surface area contributed by atoms with Crippen LogP contribution in [-0.4, -0.2) is 25.4 Å². The molecule has 2 heterocycles. The third kappa shape index (κ3) is 4.85. The van der Waals surface area contributed by atoms with E-state index in [-0.39, 0.29) is 16.9 Å². The lowest BCUT2D eigenvalue weighted by atomic mass is 10.1. The molecule has 0 saturated carbocycles. The number of benzene rings is 3. The van der Waals surface area contributed by atoms with Crippen LogP contribution in [0.5, 0.6) is 0 Å². The van der Waals surface area contributed by atoms with Gasteiger partial charge < -0.3 is 20.2 Å². The zero-order valence-electron chi connectivity index (χ0n) is 20.2. The smallest absolute Gasteiger partial charge is 0.355 e. The van der Waals surface area contributed by atoms with Crippen molar-refractivity contribution in [3.8, 4) is 11.3 Å². The summed E-state index contributed by atoms with van der Waals surface area (Å²) < 4.78 is 41.5. The van der Waals surface area contributed by atoms with Crippen molar-refractivity contribution in [2.75, 3.05) is 10.6 Å². The van der Waals surface area contributed by atoms with E-state index in [1.54, 1.807) is 73.8 Å². The monoisotopic (exact) mass is 518 g/mol. The zero-order chi connectivity index (χ0) is 27.0. The third-order valence-electron chi connectivity index (χ3n) is 5.94. The van der Waals surface area contributed by atoms with Gasteiger partial charge in [0.1, 0.15) is 11.4 Å². The Hall–Kier alpha value is -4.93. The predicted molar refractivity (Wildman–Crippen MR) is 138 cm³/mol. The molecule has 38 heavy (non-hydrogen) atoms. The summed E-state index contributed by atoms with van der Waals surface area (Å²) in [5, 5.41) is 6.32. The van der Waals surface area contributed by atoms with E-state index in [1.165, 1.54) is 10.9 Å². The van der Waals surface area contributed by atoms with Gasteiger partial charge in [-0.25, -0.2) is 9.97 Å².